The second-order valence-electron chi connectivity index (χ2n) is 6.65. The summed E-state index contributed by atoms with van der Waals surface area (Å²) in [5, 5.41) is 19.8. The molecule has 0 heterocycles. The predicted octanol–water partition coefficient (Wildman–Crippen LogP) is 3.66. The van der Waals surface area contributed by atoms with Crippen molar-refractivity contribution >= 4 is 0 Å². The van der Waals surface area contributed by atoms with Crippen molar-refractivity contribution in [2.75, 3.05) is 0 Å². The molecule has 0 aliphatic heterocycles. The summed E-state index contributed by atoms with van der Waals surface area (Å²) in [5.41, 5.74) is 9.68. The lowest BCUT2D eigenvalue weighted by Crippen LogP contribution is -2.29. The normalized spacial score (nSPS) is 19.6. The van der Waals surface area contributed by atoms with Crippen molar-refractivity contribution < 1.29 is 10.2 Å². The molecule has 2 N–H and O–H groups in total. The minimum Gasteiger partial charge on any atom is -0.392 e. The Morgan fingerprint density at radius 3 is 1.17 bits per heavy atom. The van der Waals surface area contributed by atoms with E-state index in [4.69, 9.17) is 0 Å². The molecule has 0 saturated carbocycles. The largest absolute Gasteiger partial charge is 0.392 e. The van der Waals surface area contributed by atoms with E-state index in [1.807, 2.05) is 12.1 Å². The molecule has 2 nitrogen and oxygen atoms in total. The smallest absolute Gasteiger partial charge is 0.0684 e. The highest BCUT2D eigenvalue weighted by atomic mass is 16.3. The third-order valence-corrected chi connectivity index (χ3v) is 5.62. The maximum atomic E-state index is 9.92. The number of aliphatic hydroxyl groups excluding tert-OH is 2. The number of hydrogen-bond donors (Lipinski definition) is 2. The van der Waals surface area contributed by atoms with Gasteiger partial charge in [0.05, 0.1) is 13.2 Å². The van der Waals surface area contributed by atoms with Crippen LogP contribution in [-0.4, -0.2) is 10.2 Å². The van der Waals surface area contributed by atoms with Crippen molar-refractivity contribution in [1.82, 2.24) is 0 Å². The van der Waals surface area contributed by atoms with Crippen LogP contribution in [0.1, 0.15) is 56.3 Å². The average Bonchev–Trinajstić information content (AvgIpc) is 2.66. The molecular formula is C22H18O2. The van der Waals surface area contributed by atoms with Gasteiger partial charge in [-0.15, -0.1) is 0 Å². The lowest BCUT2D eigenvalue weighted by Gasteiger charge is -2.44. The summed E-state index contributed by atoms with van der Waals surface area (Å²) < 4.78 is 0. The molecule has 118 valence electrons. The Balaban J connectivity index is 1.93. The van der Waals surface area contributed by atoms with Crippen LogP contribution in [0.25, 0.3) is 0 Å². The molecule has 3 aromatic carbocycles. The van der Waals surface area contributed by atoms with Crippen LogP contribution in [-0.2, 0) is 13.2 Å². The van der Waals surface area contributed by atoms with Gasteiger partial charge in [-0.3, -0.25) is 0 Å². The van der Waals surface area contributed by atoms with Gasteiger partial charge in [-0.1, -0.05) is 60.7 Å². The van der Waals surface area contributed by atoms with Crippen molar-refractivity contribution in [1.29, 1.82) is 0 Å². The fourth-order valence-electron chi connectivity index (χ4n) is 4.71. The molecule has 0 saturated heterocycles. The maximum Gasteiger partial charge on any atom is 0.0684 e. The van der Waals surface area contributed by atoms with Crippen LogP contribution in [0.4, 0.5) is 0 Å². The Bertz CT molecular complexity index is 833. The van der Waals surface area contributed by atoms with E-state index in [0.29, 0.717) is 0 Å². The Labute approximate surface area is 141 Å². The van der Waals surface area contributed by atoms with Gasteiger partial charge in [0.15, 0.2) is 0 Å². The first kappa shape index (κ1) is 14.0. The zero-order valence-electron chi connectivity index (χ0n) is 13.2. The van der Waals surface area contributed by atoms with E-state index in [0.717, 1.165) is 11.1 Å². The molecule has 24 heavy (non-hydrogen) atoms. The second kappa shape index (κ2) is 5.04. The van der Waals surface area contributed by atoms with Crippen molar-refractivity contribution in [3.05, 3.63) is 105 Å². The van der Waals surface area contributed by atoms with Crippen molar-refractivity contribution in [3.8, 4) is 0 Å². The Kier molecular flexibility index (Phi) is 2.93. The third kappa shape index (κ3) is 1.62. The minimum atomic E-state index is 0.0294. The molecule has 3 aliphatic carbocycles. The third-order valence-electron chi connectivity index (χ3n) is 5.62. The Morgan fingerprint density at radius 1 is 0.542 bits per heavy atom. The Hall–Kier alpha value is -2.42. The van der Waals surface area contributed by atoms with Crippen LogP contribution >= 0.6 is 0 Å². The van der Waals surface area contributed by atoms with E-state index in [9.17, 15) is 10.2 Å². The number of aliphatic hydroxyl groups is 2. The molecule has 0 radical (unpaired) electrons. The molecular weight excluding hydrogens is 296 g/mol. The highest BCUT2D eigenvalue weighted by Crippen LogP contribution is 2.57. The average molecular weight is 314 g/mol. The first-order valence-electron chi connectivity index (χ1n) is 8.39. The van der Waals surface area contributed by atoms with Gasteiger partial charge in [0.1, 0.15) is 0 Å². The molecule has 0 aromatic heterocycles. The second-order valence-corrected chi connectivity index (χ2v) is 6.65. The summed E-state index contributed by atoms with van der Waals surface area (Å²) in [6.45, 7) is 0.0587. The molecule has 2 bridgehead atoms. The number of benzene rings is 3. The van der Waals surface area contributed by atoms with Gasteiger partial charge in [0.2, 0.25) is 0 Å². The standard InChI is InChI=1S/C22H18O2/c23-11-13-9-10-14(12-24)20-19(13)21-15-5-1-2-6-16(15)22(20)18-8-4-3-7-17(18)21/h1-10,21-24H,11-12H2. The van der Waals surface area contributed by atoms with Crippen LogP contribution in [0, 0.1) is 0 Å². The molecule has 6 rings (SSSR count). The van der Waals surface area contributed by atoms with Gasteiger partial charge in [-0.25, -0.2) is 0 Å². The maximum absolute atomic E-state index is 9.92. The van der Waals surface area contributed by atoms with Gasteiger partial charge < -0.3 is 10.2 Å². The van der Waals surface area contributed by atoms with Crippen LogP contribution in [0.3, 0.4) is 0 Å². The topological polar surface area (TPSA) is 40.5 Å². The zero-order chi connectivity index (χ0) is 16.3. The van der Waals surface area contributed by atoms with Crippen LogP contribution < -0.4 is 0 Å². The van der Waals surface area contributed by atoms with E-state index in [1.165, 1.54) is 33.4 Å². The molecule has 0 amide bonds. The fourth-order valence-corrected chi connectivity index (χ4v) is 4.71. The van der Waals surface area contributed by atoms with Crippen LogP contribution in [0.15, 0.2) is 60.7 Å². The summed E-state index contributed by atoms with van der Waals surface area (Å²) >= 11 is 0. The number of hydrogen-bond acceptors (Lipinski definition) is 2. The molecule has 0 spiro atoms. The molecule has 2 heteroatoms. The summed E-state index contributed by atoms with van der Waals surface area (Å²) in [6.07, 6.45) is 0. The summed E-state index contributed by atoms with van der Waals surface area (Å²) in [6, 6.07) is 21.1. The fraction of sp³-hybridized carbons (Fsp3) is 0.182. The lowest BCUT2D eigenvalue weighted by atomic mass is 9.59. The zero-order valence-corrected chi connectivity index (χ0v) is 13.2. The van der Waals surface area contributed by atoms with Crippen molar-refractivity contribution in [2.24, 2.45) is 0 Å². The molecule has 0 unspecified atom stereocenters. The Morgan fingerprint density at radius 2 is 0.875 bits per heavy atom. The highest BCUT2D eigenvalue weighted by molar-refractivity contribution is 5.70. The highest BCUT2D eigenvalue weighted by Gasteiger charge is 2.42. The summed E-state index contributed by atoms with van der Waals surface area (Å²) in [5.74, 6) is 0.289. The van der Waals surface area contributed by atoms with Gasteiger partial charge in [0, 0.05) is 11.8 Å². The van der Waals surface area contributed by atoms with E-state index in [2.05, 4.69) is 48.5 Å². The van der Waals surface area contributed by atoms with Gasteiger partial charge in [0.25, 0.3) is 0 Å². The van der Waals surface area contributed by atoms with E-state index in [-0.39, 0.29) is 25.0 Å². The predicted molar refractivity (Wildman–Crippen MR) is 93.1 cm³/mol. The molecule has 3 aromatic rings. The first-order valence-corrected chi connectivity index (χ1v) is 8.39. The number of rotatable bonds is 2. The van der Waals surface area contributed by atoms with Gasteiger partial charge in [-0.05, 0) is 44.5 Å². The summed E-state index contributed by atoms with van der Waals surface area (Å²) in [4.78, 5) is 0. The monoisotopic (exact) mass is 314 g/mol. The van der Waals surface area contributed by atoms with Crippen molar-refractivity contribution in [2.45, 2.75) is 25.0 Å². The molecule has 0 atom stereocenters. The molecule has 0 fully saturated rings. The lowest BCUT2D eigenvalue weighted by molar-refractivity contribution is 0.275. The van der Waals surface area contributed by atoms with Crippen LogP contribution in [0.2, 0.25) is 0 Å². The quantitative estimate of drug-likeness (QED) is 0.522. The van der Waals surface area contributed by atoms with E-state index < -0.39 is 0 Å². The van der Waals surface area contributed by atoms with Gasteiger partial charge >= 0.3 is 0 Å². The molecule has 3 aliphatic rings. The van der Waals surface area contributed by atoms with E-state index >= 15 is 0 Å². The SMILES string of the molecule is OCc1ccc(CO)c2c1C1c3ccccc3C2c2ccccc21. The van der Waals surface area contributed by atoms with Crippen LogP contribution in [0.5, 0.6) is 0 Å². The first-order chi connectivity index (χ1) is 11.8. The van der Waals surface area contributed by atoms with Gasteiger partial charge in [-0.2, -0.15) is 0 Å². The minimum absolute atomic E-state index is 0.0294. The summed E-state index contributed by atoms with van der Waals surface area (Å²) in [7, 11) is 0. The van der Waals surface area contributed by atoms with E-state index in [1.54, 1.807) is 0 Å². The van der Waals surface area contributed by atoms with Crippen molar-refractivity contribution in [3.63, 3.8) is 0 Å².